The molecule has 0 bridgehead atoms. The van der Waals surface area contributed by atoms with Gasteiger partial charge in [0.2, 0.25) is 5.79 Å². The molecule has 4 rings (SSSR count). The number of hydrogen-bond donors (Lipinski definition) is 2. The summed E-state index contributed by atoms with van der Waals surface area (Å²) >= 11 is 0. The standard InChI is InChI=1S/C23H31N5O4/c1-14(2)11-23(30,13-29)32-17-6-7-18-20(10-17)31-9-8-27-12-19(25-21(18)27)22-24-16(5)26-28(22)15(3)4/h6-7,10,12,14-15,29-30H,8-9,11,13H2,1-5H3. The highest BCUT2D eigenvalue weighted by molar-refractivity contribution is 5.69. The van der Waals surface area contributed by atoms with E-state index in [0.717, 1.165) is 22.9 Å². The van der Waals surface area contributed by atoms with Crippen molar-refractivity contribution in [3.63, 3.8) is 0 Å². The van der Waals surface area contributed by atoms with Gasteiger partial charge in [-0.05, 0) is 38.8 Å². The van der Waals surface area contributed by atoms with Gasteiger partial charge < -0.3 is 24.3 Å². The minimum Gasteiger partial charge on any atom is -0.491 e. The number of ether oxygens (including phenoxy) is 2. The van der Waals surface area contributed by atoms with E-state index in [0.29, 0.717) is 36.9 Å². The lowest BCUT2D eigenvalue weighted by molar-refractivity contribution is -0.175. The highest BCUT2D eigenvalue weighted by Gasteiger charge is 2.30. The average Bonchev–Trinajstić information content (AvgIpc) is 3.27. The quantitative estimate of drug-likeness (QED) is 0.542. The van der Waals surface area contributed by atoms with E-state index in [1.54, 1.807) is 12.1 Å². The molecule has 1 atom stereocenters. The molecule has 3 heterocycles. The van der Waals surface area contributed by atoms with Crippen LogP contribution in [0.2, 0.25) is 0 Å². The molecule has 1 unspecified atom stereocenters. The van der Waals surface area contributed by atoms with Gasteiger partial charge in [-0.1, -0.05) is 13.8 Å². The van der Waals surface area contributed by atoms with Gasteiger partial charge in [0.25, 0.3) is 0 Å². The van der Waals surface area contributed by atoms with E-state index in [-0.39, 0.29) is 12.0 Å². The largest absolute Gasteiger partial charge is 0.491 e. The number of fused-ring (bicyclic) bond motifs is 3. The van der Waals surface area contributed by atoms with Crippen LogP contribution in [0, 0.1) is 12.8 Å². The zero-order valence-corrected chi connectivity index (χ0v) is 19.2. The molecule has 0 saturated carbocycles. The second-order valence-corrected chi connectivity index (χ2v) is 8.97. The third-order valence-corrected chi connectivity index (χ3v) is 5.30. The molecule has 0 saturated heterocycles. The Bertz CT molecular complexity index is 1100. The van der Waals surface area contributed by atoms with Gasteiger partial charge in [0.1, 0.15) is 42.1 Å². The Hall–Kier alpha value is -2.91. The monoisotopic (exact) mass is 441 g/mol. The van der Waals surface area contributed by atoms with Crippen molar-refractivity contribution < 1.29 is 19.7 Å². The maximum Gasteiger partial charge on any atom is 0.231 e. The summed E-state index contributed by atoms with van der Waals surface area (Å²) in [4.78, 5) is 9.45. The Morgan fingerprint density at radius 1 is 1.19 bits per heavy atom. The lowest BCUT2D eigenvalue weighted by Crippen LogP contribution is -2.41. The average molecular weight is 442 g/mol. The van der Waals surface area contributed by atoms with Crippen molar-refractivity contribution in [1.82, 2.24) is 24.3 Å². The molecule has 1 aliphatic heterocycles. The molecule has 2 aromatic heterocycles. The van der Waals surface area contributed by atoms with Crippen LogP contribution in [0.1, 0.15) is 46.0 Å². The number of aryl methyl sites for hydroxylation is 1. The number of nitrogens with zero attached hydrogens (tertiary/aromatic N) is 5. The predicted octanol–water partition coefficient (Wildman–Crippen LogP) is 3.20. The first-order valence-corrected chi connectivity index (χ1v) is 11.0. The van der Waals surface area contributed by atoms with Crippen molar-refractivity contribution in [3.05, 3.63) is 30.2 Å². The second kappa shape index (κ2) is 8.55. The van der Waals surface area contributed by atoms with Gasteiger partial charge in [-0.2, -0.15) is 5.10 Å². The van der Waals surface area contributed by atoms with Gasteiger partial charge in [0.05, 0.1) is 12.1 Å². The molecular formula is C23H31N5O4. The van der Waals surface area contributed by atoms with E-state index >= 15 is 0 Å². The highest BCUT2D eigenvalue weighted by Crippen LogP contribution is 2.37. The second-order valence-electron chi connectivity index (χ2n) is 8.97. The Balaban J connectivity index is 1.69. The predicted molar refractivity (Wildman–Crippen MR) is 119 cm³/mol. The summed E-state index contributed by atoms with van der Waals surface area (Å²) in [5.41, 5.74) is 1.58. The third-order valence-electron chi connectivity index (χ3n) is 5.30. The van der Waals surface area contributed by atoms with Crippen LogP contribution >= 0.6 is 0 Å². The van der Waals surface area contributed by atoms with Crippen LogP contribution in [-0.4, -0.2) is 53.5 Å². The molecule has 1 aliphatic rings. The topological polar surface area (TPSA) is 107 Å². The Morgan fingerprint density at radius 2 is 1.97 bits per heavy atom. The van der Waals surface area contributed by atoms with E-state index in [2.05, 4.69) is 28.5 Å². The smallest absolute Gasteiger partial charge is 0.231 e. The summed E-state index contributed by atoms with van der Waals surface area (Å²) < 4.78 is 15.6. The lowest BCUT2D eigenvalue weighted by atomic mass is 10.0. The fourth-order valence-corrected chi connectivity index (χ4v) is 3.99. The van der Waals surface area contributed by atoms with Crippen LogP contribution in [0.5, 0.6) is 11.5 Å². The number of benzene rings is 1. The minimum atomic E-state index is -1.64. The molecule has 9 nitrogen and oxygen atoms in total. The SMILES string of the molecule is Cc1nc(-c2cn3c(n2)-c2ccc(OC(O)(CO)CC(C)C)cc2OCC3)n(C(C)C)n1. The van der Waals surface area contributed by atoms with E-state index in [1.165, 1.54) is 0 Å². The van der Waals surface area contributed by atoms with Crippen molar-refractivity contribution in [1.29, 1.82) is 0 Å². The summed E-state index contributed by atoms with van der Waals surface area (Å²) in [6, 6.07) is 5.53. The molecule has 9 heteroatoms. The first-order valence-electron chi connectivity index (χ1n) is 11.0. The summed E-state index contributed by atoms with van der Waals surface area (Å²) in [7, 11) is 0. The lowest BCUT2D eigenvalue weighted by Gasteiger charge is -2.28. The number of rotatable bonds is 7. The van der Waals surface area contributed by atoms with Crippen LogP contribution in [0.4, 0.5) is 0 Å². The normalized spacial score (nSPS) is 15.2. The summed E-state index contributed by atoms with van der Waals surface area (Å²) in [5.74, 6) is 1.78. The van der Waals surface area contributed by atoms with E-state index in [9.17, 15) is 10.2 Å². The van der Waals surface area contributed by atoms with Crippen molar-refractivity contribution in [3.8, 4) is 34.4 Å². The number of imidazole rings is 1. The van der Waals surface area contributed by atoms with Crippen molar-refractivity contribution in [2.75, 3.05) is 13.2 Å². The maximum absolute atomic E-state index is 10.6. The fourth-order valence-electron chi connectivity index (χ4n) is 3.99. The minimum absolute atomic E-state index is 0.159. The van der Waals surface area contributed by atoms with Crippen LogP contribution in [-0.2, 0) is 6.54 Å². The first kappa shape index (κ1) is 22.3. The summed E-state index contributed by atoms with van der Waals surface area (Å²) in [6.07, 6.45) is 2.29. The summed E-state index contributed by atoms with van der Waals surface area (Å²) in [5, 5.41) is 24.8. The van der Waals surface area contributed by atoms with E-state index in [1.807, 2.05) is 37.7 Å². The van der Waals surface area contributed by atoms with Gasteiger partial charge in [-0.3, -0.25) is 0 Å². The molecule has 2 N–H and O–H groups in total. The number of aliphatic hydroxyl groups excluding tert-OH is 1. The van der Waals surface area contributed by atoms with Gasteiger partial charge in [0.15, 0.2) is 5.82 Å². The number of hydrogen-bond acceptors (Lipinski definition) is 7. The number of aliphatic hydroxyl groups is 2. The third kappa shape index (κ3) is 4.35. The molecule has 0 spiro atoms. The molecule has 0 aliphatic carbocycles. The maximum atomic E-state index is 10.6. The Kier molecular flexibility index (Phi) is 5.96. The van der Waals surface area contributed by atoms with Crippen LogP contribution < -0.4 is 9.47 Å². The fraction of sp³-hybridized carbons (Fsp3) is 0.522. The molecule has 1 aromatic carbocycles. The number of aromatic nitrogens is 5. The Labute approximate surface area is 187 Å². The van der Waals surface area contributed by atoms with Crippen molar-refractivity contribution >= 4 is 0 Å². The Morgan fingerprint density at radius 3 is 2.66 bits per heavy atom. The molecule has 3 aromatic rings. The van der Waals surface area contributed by atoms with Crippen LogP contribution in [0.25, 0.3) is 22.9 Å². The zero-order valence-electron chi connectivity index (χ0n) is 19.2. The van der Waals surface area contributed by atoms with Gasteiger partial charge >= 0.3 is 0 Å². The molecule has 172 valence electrons. The summed E-state index contributed by atoms with van der Waals surface area (Å²) in [6.45, 7) is 10.5. The molecular weight excluding hydrogens is 410 g/mol. The molecule has 0 fully saturated rings. The highest BCUT2D eigenvalue weighted by atomic mass is 16.6. The van der Waals surface area contributed by atoms with Crippen LogP contribution in [0.15, 0.2) is 24.4 Å². The first-order chi connectivity index (χ1) is 15.2. The van der Waals surface area contributed by atoms with Gasteiger partial charge in [-0.25, -0.2) is 14.6 Å². The van der Waals surface area contributed by atoms with E-state index in [4.69, 9.17) is 14.5 Å². The van der Waals surface area contributed by atoms with Crippen LogP contribution in [0.3, 0.4) is 0 Å². The molecule has 32 heavy (non-hydrogen) atoms. The van der Waals surface area contributed by atoms with Crippen molar-refractivity contribution in [2.24, 2.45) is 5.92 Å². The molecule has 0 amide bonds. The van der Waals surface area contributed by atoms with Gasteiger partial charge in [-0.15, -0.1) is 0 Å². The zero-order chi connectivity index (χ0) is 23.0. The van der Waals surface area contributed by atoms with Crippen molar-refractivity contribution in [2.45, 2.75) is 59.4 Å². The van der Waals surface area contributed by atoms with E-state index < -0.39 is 12.4 Å². The van der Waals surface area contributed by atoms with Gasteiger partial charge in [0, 0.05) is 24.7 Å². The molecule has 0 radical (unpaired) electrons.